The molecule has 0 aliphatic heterocycles. The standard InChI is InChI=1S/C14H18O3/c1-10-7-8-13(15)12(9-10)14(16)17-11-5-3-2-4-6-11/h7-9,11,15H,2-6H2,1H3. The monoisotopic (exact) mass is 234 g/mol. The highest BCUT2D eigenvalue weighted by molar-refractivity contribution is 5.92. The summed E-state index contributed by atoms with van der Waals surface area (Å²) >= 11 is 0. The van der Waals surface area contributed by atoms with E-state index in [4.69, 9.17) is 4.74 Å². The maximum atomic E-state index is 11.9. The SMILES string of the molecule is Cc1ccc(O)c(C(=O)OC2CCCCC2)c1. The minimum Gasteiger partial charge on any atom is -0.507 e. The Morgan fingerprint density at radius 1 is 1.29 bits per heavy atom. The number of phenolic OH excluding ortho intramolecular Hbond substituents is 1. The van der Waals surface area contributed by atoms with Crippen LogP contribution in [-0.2, 0) is 4.74 Å². The zero-order valence-electron chi connectivity index (χ0n) is 10.1. The van der Waals surface area contributed by atoms with E-state index in [1.165, 1.54) is 12.5 Å². The third-order valence-electron chi connectivity index (χ3n) is 3.20. The van der Waals surface area contributed by atoms with Gasteiger partial charge in [-0.1, -0.05) is 18.1 Å². The van der Waals surface area contributed by atoms with E-state index in [0.717, 1.165) is 31.2 Å². The number of esters is 1. The highest BCUT2D eigenvalue weighted by Crippen LogP contribution is 2.24. The fourth-order valence-electron chi connectivity index (χ4n) is 2.21. The Morgan fingerprint density at radius 3 is 2.71 bits per heavy atom. The molecule has 0 heterocycles. The molecule has 1 aliphatic rings. The average molecular weight is 234 g/mol. The van der Waals surface area contributed by atoms with Gasteiger partial charge in [0.25, 0.3) is 0 Å². The first kappa shape index (κ1) is 12.0. The van der Waals surface area contributed by atoms with Gasteiger partial charge < -0.3 is 9.84 Å². The number of hydrogen-bond donors (Lipinski definition) is 1. The van der Waals surface area contributed by atoms with Crippen molar-refractivity contribution in [2.45, 2.75) is 45.1 Å². The first-order valence-electron chi connectivity index (χ1n) is 6.17. The third-order valence-corrected chi connectivity index (χ3v) is 3.20. The van der Waals surface area contributed by atoms with Gasteiger partial charge in [-0.2, -0.15) is 0 Å². The fraction of sp³-hybridized carbons (Fsp3) is 0.500. The molecule has 0 radical (unpaired) electrons. The van der Waals surface area contributed by atoms with Crippen molar-refractivity contribution in [3.05, 3.63) is 29.3 Å². The number of aryl methyl sites for hydroxylation is 1. The molecular formula is C14H18O3. The van der Waals surface area contributed by atoms with Crippen molar-refractivity contribution < 1.29 is 14.6 Å². The van der Waals surface area contributed by atoms with Crippen molar-refractivity contribution >= 4 is 5.97 Å². The van der Waals surface area contributed by atoms with Crippen LogP contribution in [0.3, 0.4) is 0 Å². The van der Waals surface area contributed by atoms with Crippen LogP contribution in [0.1, 0.15) is 48.0 Å². The summed E-state index contributed by atoms with van der Waals surface area (Å²) in [5.41, 5.74) is 1.22. The van der Waals surface area contributed by atoms with E-state index in [2.05, 4.69) is 0 Å². The molecule has 1 aromatic rings. The van der Waals surface area contributed by atoms with E-state index in [1.54, 1.807) is 12.1 Å². The van der Waals surface area contributed by atoms with Gasteiger partial charge >= 0.3 is 5.97 Å². The Bertz CT molecular complexity index is 406. The average Bonchev–Trinajstić information content (AvgIpc) is 2.33. The maximum absolute atomic E-state index is 11.9. The fourth-order valence-corrected chi connectivity index (χ4v) is 2.21. The molecule has 1 fully saturated rings. The number of aromatic hydroxyl groups is 1. The van der Waals surface area contributed by atoms with Crippen LogP contribution in [0.5, 0.6) is 5.75 Å². The Hall–Kier alpha value is -1.51. The van der Waals surface area contributed by atoms with Crippen molar-refractivity contribution in [1.29, 1.82) is 0 Å². The Balaban J connectivity index is 2.05. The molecule has 1 N–H and O–H groups in total. The van der Waals surface area contributed by atoms with Crippen LogP contribution in [0.2, 0.25) is 0 Å². The van der Waals surface area contributed by atoms with Gasteiger partial charge in [0.1, 0.15) is 17.4 Å². The lowest BCUT2D eigenvalue weighted by atomic mass is 9.98. The Labute approximate surface area is 101 Å². The second kappa shape index (κ2) is 5.21. The molecule has 0 amide bonds. The van der Waals surface area contributed by atoms with Crippen LogP contribution in [-0.4, -0.2) is 17.2 Å². The summed E-state index contributed by atoms with van der Waals surface area (Å²) in [5.74, 6) is -0.408. The van der Waals surface area contributed by atoms with Crippen molar-refractivity contribution in [1.82, 2.24) is 0 Å². The van der Waals surface area contributed by atoms with E-state index in [9.17, 15) is 9.90 Å². The smallest absolute Gasteiger partial charge is 0.342 e. The normalized spacial score (nSPS) is 16.8. The van der Waals surface area contributed by atoms with Crippen LogP contribution < -0.4 is 0 Å². The van der Waals surface area contributed by atoms with E-state index in [-0.39, 0.29) is 17.4 Å². The van der Waals surface area contributed by atoms with Gasteiger partial charge in [-0.15, -0.1) is 0 Å². The third kappa shape index (κ3) is 2.99. The predicted octanol–water partition coefficient (Wildman–Crippen LogP) is 3.19. The second-order valence-corrected chi connectivity index (χ2v) is 4.69. The van der Waals surface area contributed by atoms with Gasteiger partial charge in [0.15, 0.2) is 0 Å². The van der Waals surface area contributed by atoms with Crippen molar-refractivity contribution in [2.75, 3.05) is 0 Å². The van der Waals surface area contributed by atoms with Crippen LogP contribution in [0.15, 0.2) is 18.2 Å². The number of carbonyl (C=O) groups is 1. The lowest BCUT2D eigenvalue weighted by molar-refractivity contribution is 0.0208. The molecule has 0 atom stereocenters. The number of carbonyl (C=O) groups excluding carboxylic acids is 1. The van der Waals surface area contributed by atoms with Crippen LogP contribution in [0, 0.1) is 6.92 Å². The van der Waals surface area contributed by atoms with E-state index >= 15 is 0 Å². The lowest BCUT2D eigenvalue weighted by Crippen LogP contribution is -2.21. The number of ether oxygens (including phenoxy) is 1. The largest absolute Gasteiger partial charge is 0.507 e. The Kier molecular flexibility index (Phi) is 3.67. The summed E-state index contributed by atoms with van der Waals surface area (Å²) in [6.45, 7) is 1.89. The summed E-state index contributed by atoms with van der Waals surface area (Å²) in [7, 11) is 0. The van der Waals surface area contributed by atoms with Gasteiger partial charge in [-0.3, -0.25) is 0 Å². The maximum Gasteiger partial charge on any atom is 0.342 e. The van der Waals surface area contributed by atoms with E-state index in [1.807, 2.05) is 6.92 Å². The molecule has 92 valence electrons. The molecule has 1 aliphatic carbocycles. The molecule has 0 bridgehead atoms. The number of rotatable bonds is 2. The summed E-state index contributed by atoms with van der Waals surface area (Å²) in [4.78, 5) is 11.9. The van der Waals surface area contributed by atoms with Gasteiger partial charge in [0, 0.05) is 0 Å². The quantitative estimate of drug-likeness (QED) is 0.799. The topological polar surface area (TPSA) is 46.5 Å². The van der Waals surface area contributed by atoms with Gasteiger partial charge in [-0.05, 0) is 44.7 Å². The van der Waals surface area contributed by atoms with E-state index in [0.29, 0.717) is 0 Å². The number of benzene rings is 1. The molecule has 2 rings (SSSR count). The molecule has 0 saturated heterocycles. The zero-order chi connectivity index (χ0) is 12.3. The summed E-state index contributed by atoms with van der Waals surface area (Å²) in [6.07, 6.45) is 5.38. The summed E-state index contributed by atoms with van der Waals surface area (Å²) in [6, 6.07) is 4.97. The van der Waals surface area contributed by atoms with Crippen LogP contribution >= 0.6 is 0 Å². The van der Waals surface area contributed by atoms with Crippen LogP contribution in [0.4, 0.5) is 0 Å². The number of phenols is 1. The van der Waals surface area contributed by atoms with Crippen molar-refractivity contribution in [3.8, 4) is 5.75 Å². The molecule has 0 spiro atoms. The second-order valence-electron chi connectivity index (χ2n) is 4.69. The molecule has 1 aromatic carbocycles. The first-order valence-corrected chi connectivity index (χ1v) is 6.17. The molecule has 0 unspecified atom stereocenters. The van der Waals surface area contributed by atoms with E-state index < -0.39 is 5.97 Å². The molecule has 1 saturated carbocycles. The molecule has 0 aromatic heterocycles. The molecule has 3 heteroatoms. The number of hydrogen-bond acceptors (Lipinski definition) is 3. The van der Waals surface area contributed by atoms with Crippen LogP contribution in [0.25, 0.3) is 0 Å². The summed E-state index contributed by atoms with van der Waals surface area (Å²) in [5, 5.41) is 9.63. The highest BCUT2D eigenvalue weighted by Gasteiger charge is 2.20. The predicted molar refractivity (Wildman–Crippen MR) is 65.1 cm³/mol. The van der Waals surface area contributed by atoms with Crippen molar-refractivity contribution in [2.24, 2.45) is 0 Å². The van der Waals surface area contributed by atoms with Gasteiger partial charge in [0.2, 0.25) is 0 Å². The Morgan fingerprint density at radius 2 is 2.00 bits per heavy atom. The van der Waals surface area contributed by atoms with Gasteiger partial charge in [-0.25, -0.2) is 4.79 Å². The zero-order valence-corrected chi connectivity index (χ0v) is 10.1. The van der Waals surface area contributed by atoms with Gasteiger partial charge in [0.05, 0.1) is 0 Å². The molecular weight excluding hydrogens is 216 g/mol. The lowest BCUT2D eigenvalue weighted by Gasteiger charge is -2.22. The summed E-state index contributed by atoms with van der Waals surface area (Å²) < 4.78 is 5.41. The molecule has 17 heavy (non-hydrogen) atoms. The highest BCUT2D eigenvalue weighted by atomic mass is 16.5. The minimum absolute atomic E-state index is 0.00332. The first-order chi connectivity index (χ1) is 8.16. The molecule has 3 nitrogen and oxygen atoms in total. The van der Waals surface area contributed by atoms with Crippen molar-refractivity contribution in [3.63, 3.8) is 0 Å². The minimum atomic E-state index is -0.405.